The Hall–Kier alpha value is -3.23. The Morgan fingerprint density at radius 1 is 1.36 bits per heavy atom. The highest BCUT2D eigenvalue weighted by Gasteiger charge is 2.29. The van der Waals surface area contributed by atoms with Crippen molar-refractivity contribution in [3.8, 4) is 0 Å². The molecule has 0 aromatic carbocycles. The maximum Gasteiger partial charge on any atom is 0.291 e. The van der Waals surface area contributed by atoms with Crippen LogP contribution in [0.1, 0.15) is 40.7 Å². The number of nitrogens with zero attached hydrogens (tertiary/aromatic N) is 5. The molecule has 1 atom stereocenters. The second kappa shape index (κ2) is 7.06. The number of hydrogen-bond acceptors (Lipinski definition) is 7. The summed E-state index contributed by atoms with van der Waals surface area (Å²) in [6.07, 6.45) is 4.55. The number of fused-ring (bicyclic) bond motifs is 1. The van der Waals surface area contributed by atoms with Crippen LogP contribution < -0.4 is 10.5 Å². The number of hydrogen-bond donors (Lipinski definition) is 1. The third-order valence-corrected chi connectivity index (χ3v) is 5.09. The lowest BCUT2D eigenvalue weighted by molar-refractivity contribution is 0.0672. The lowest BCUT2D eigenvalue weighted by Crippen LogP contribution is -2.39. The van der Waals surface area contributed by atoms with Gasteiger partial charge in [0.2, 0.25) is 11.7 Å². The van der Waals surface area contributed by atoms with Crippen molar-refractivity contribution in [2.24, 2.45) is 0 Å². The van der Waals surface area contributed by atoms with Crippen LogP contribution in [0.25, 0.3) is 10.9 Å². The number of anilines is 1. The van der Waals surface area contributed by atoms with Crippen LogP contribution in [-0.4, -0.2) is 57.9 Å². The van der Waals surface area contributed by atoms with Gasteiger partial charge in [0.1, 0.15) is 0 Å². The standard InChI is InChI=1S/C19H22N6O3/c1-11-16(28-10-21-11)18(27)25-6-4-5-12(9-25)14-7-15-13(17(26)22-14)8-20-19(23-15)24(2)3/h7-8,10,12H,4-6,9H2,1-3H3,(H,22,26)/t12-/m0/s1. The van der Waals surface area contributed by atoms with Crippen LogP contribution in [0.4, 0.5) is 5.95 Å². The second-order valence-electron chi connectivity index (χ2n) is 7.27. The molecule has 1 aliphatic rings. The SMILES string of the molecule is Cc1ncoc1C(=O)N1CCC[C@H](c2cc3nc(N(C)C)ncc3c(=O)[nH]2)C1. The monoisotopic (exact) mass is 382 g/mol. The smallest absolute Gasteiger partial charge is 0.291 e. The fourth-order valence-corrected chi connectivity index (χ4v) is 3.55. The van der Waals surface area contributed by atoms with Crippen molar-refractivity contribution in [2.45, 2.75) is 25.7 Å². The molecule has 4 rings (SSSR count). The van der Waals surface area contributed by atoms with E-state index >= 15 is 0 Å². The first-order valence-electron chi connectivity index (χ1n) is 9.20. The van der Waals surface area contributed by atoms with Crippen LogP contribution in [0.3, 0.4) is 0 Å². The van der Waals surface area contributed by atoms with Crippen LogP contribution in [0.5, 0.6) is 0 Å². The number of carbonyl (C=O) groups excluding carboxylic acids is 1. The van der Waals surface area contributed by atoms with Gasteiger partial charge in [-0.2, -0.15) is 0 Å². The molecule has 1 saturated heterocycles. The molecular weight excluding hydrogens is 360 g/mol. The lowest BCUT2D eigenvalue weighted by atomic mass is 9.93. The van der Waals surface area contributed by atoms with Gasteiger partial charge in [0.15, 0.2) is 6.39 Å². The average Bonchev–Trinajstić information content (AvgIpc) is 3.12. The molecule has 4 heterocycles. The Balaban J connectivity index is 1.64. The molecular formula is C19H22N6O3. The maximum atomic E-state index is 12.8. The zero-order valence-electron chi connectivity index (χ0n) is 16.1. The molecule has 3 aromatic rings. The number of aromatic nitrogens is 4. The van der Waals surface area contributed by atoms with E-state index in [1.165, 1.54) is 6.39 Å². The van der Waals surface area contributed by atoms with E-state index in [1.54, 1.807) is 22.9 Å². The van der Waals surface area contributed by atoms with E-state index in [0.29, 0.717) is 35.6 Å². The highest BCUT2D eigenvalue weighted by molar-refractivity contribution is 5.92. The molecule has 0 saturated carbocycles. The van der Waals surface area contributed by atoms with Gasteiger partial charge in [0.05, 0.1) is 16.6 Å². The van der Waals surface area contributed by atoms with Gasteiger partial charge in [0.25, 0.3) is 11.5 Å². The topological polar surface area (TPSA) is 108 Å². The molecule has 3 aromatic heterocycles. The molecule has 0 aliphatic carbocycles. The first-order chi connectivity index (χ1) is 13.4. The first kappa shape index (κ1) is 18.1. The summed E-state index contributed by atoms with van der Waals surface area (Å²) in [5.74, 6) is 0.678. The van der Waals surface area contributed by atoms with Gasteiger partial charge in [-0.25, -0.2) is 15.0 Å². The third-order valence-electron chi connectivity index (χ3n) is 5.09. The minimum atomic E-state index is -0.215. The van der Waals surface area contributed by atoms with E-state index in [-0.39, 0.29) is 23.1 Å². The van der Waals surface area contributed by atoms with Crippen molar-refractivity contribution in [1.82, 2.24) is 24.8 Å². The minimum absolute atomic E-state index is 0.0239. The third kappa shape index (κ3) is 3.23. The van der Waals surface area contributed by atoms with E-state index in [9.17, 15) is 9.59 Å². The number of aryl methyl sites for hydroxylation is 1. The highest BCUT2D eigenvalue weighted by Crippen LogP contribution is 2.27. The number of pyridine rings is 1. The zero-order chi connectivity index (χ0) is 19.8. The van der Waals surface area contributed by atoms with Gasteiger partial charge < -0.3 is 19.2 Å². The lowest BCUT2D eigenvalue weighted by Gasteiger charge is -2.32. The van der Waals surface area contributed by atoms with Crippen LogP contribution in [-0.2, 0) is 0 Å². The van der Waals surface area contributed by atoms with Crippen molar-refractivity contribution < 1.29 is 9.21 Å². The Labute approximate surface area is 161 Å². The molecule has 1 amide bonds. The summed E-state index contributed by atoms with van der Waals surface area (Å²) in [4.78, 5) is 44.5. The molecule has 1 fully saturated rings. The van der Waals surface area contributed by atoms with E-state index in [1.807, 2.05) is 20.2 Å². The van der Waals surface area contributed by atoms with Crippen molar-refractivity contribution in [2.75, 3.05) is 32.1 Å². The highest BCUT2D eigenvalue weighted by atomic mass is 16.3. The average molecular weight is 382 g/mol. The van der Waals surface area contributed by atoms with Gasteiger partial charge in [-0.1, -0.05) is 0 Å². The summed E-state index contributed by atoms with van der Waals surface area (Å²) in [7, 11) is 3.71. The molecule has 1 aliphatic heterocycles. The summed E-state index contributed by atoms with van der Waals surface area (Å²) in [6, 6.07) is 1.89. The molecule has 9 nitrogen and oxygen atoms in total. The van der Waals surface area contributed by atoms with E-state index in [4.69, 9.17) is 4.42 Å². The van der Waals surface area contributed by atoms with Crippen LogP contribution in [0.15, 0.2) is 27.9 Å². The fourth-order valence-electron chi connectivity index (χ4n) is 3.55. The van der Waals surface area contributed by atoms with Crippen LogP contribution >= 0.6 is 0 Å². The molecule has 0 radical (unpaired) electrons. The van der Waals surface area contributed by atoms with E-state index in [0.717, 1.165) is 18.5 Å². The summed E-state index contributed by atoms with van der Waals surface area (Å²) < 4.78 is 5.25. The minimum Gasteiger partial charge on any atom is -0.438 e. The van der Waals surface area contributed by atoms with Crippen molar-refractivity contribution >= 4 is 22.8 Å². The Bertz CT molecular complexity index is 1090. The van der Waals surface area contributed by atoms with Crippen molar-refractivity contribution in [1.29, 1.82) is 0 Å². The Kier molecular flexibility index (Phi) is 4.58. The zero-order valence-corrected chi connectivity index (χ0v) is 16.1. The normalized spacial score (nSPS) is 17.1. The molecule has 1 N–H and O–H groups in total. The number of piperidine rings is 1. The molecule has 28 heavy (non-hydrogen) atoms. The summed E-state index contributed by atoms with van der Waals surface area (Å²) in [5.41, 5.74) is 1.76. The number of nitrogens with one attached hydrogen (secondary N) is 1. The Morgan fingerprint density at radius 3 is 2.89 bits per heavy atom. The summed E-state index contributed by atoms with van der Waals surface area (Å²) >= 11 is 0. The predicted molar refractivity (Wildman–Crippen MR) is 104 cm³/mol. The number of rotatable bonds is 3. The Morgan fingerprint density at radius 2 is 2.18 bits per heavy atom. The predicted octanol–water partition coefficient (Wildman–Crippen LogP) is 1.70. The molecule has 0 spiro atoms. The number of amides is 1. The van der Waals surface area contributed by atoms with E-state index < -0.39 is 0 Å². The van der Waals surface area contributed by atoms with Gasteiger partial charge in [-0.3, -0.25) is 9.59 Å². The van der Waals surface area contributed by atoms with Gasteiger partial charge in [-0.05, 0) is 25.8 Å². The molecule has 0 unspecified atom stereocenters. The number of oxazole rings is 1. The van der Waals surface area contributed by atoms with E-state index in [2.05, 4.69) is 19.9 Å². The summed E-state index contributed by atoms with van der Waals surface area (Å²) in [6.45, 7) is 2.91. The van der Waals surface area contributed by atoms with Gasteiger partial charge in [-0.15, -0.1) is 0 Å². The molecule has 0 bridgehead atoms. The molecule has 9 heteroatoms. The molecule has 146 valence electrons. The van der Waals surface area contributed by atoms with Crippen LogP contribution in [0.2, 0.25) is 0 Å². The van der Waals surface area contributed by atoms with Gasteiger partial charge in [0, 0.05) is 45.0 Å². The van der Waals surface area contributed by atoms with Crippen molar-refractivity contribution in [3.05, 3.63) is 46.2 Å². The number of H-pyrrole nitrogens is 1. The quantitative estimate of drug-likeness (QED) is 0.734. The fraction of sp³-hybridized carbons (Fsp3) is 0.421. The first-order valence-corrected chi connectivity index (χ1v) is 9.20. The number of aromatic amines is 1. The van der Waals surface area contributed by atoms with Crippen molar-refractivity contribution in [3.63, 3.8) is 0 Å². The summed E-state index contributed by atoms with van der Waals surface area (Å²) in [5, 5.41) is 0.454. The van der Waals surface area contributed by atoms with Gasteiger partial charge >= 0.3 is 0 Å². The number of carbonyl (C=O) groups is 1. The number of likely N-dealkylation sites (tertiary alicyclic amines) is 1. The second-order valence-corrected chi connectivity index (χ2v) is 7.27. The maximum absolute atomic E-state index is 12.8. The van der Waals surface area contributed by atoms with Crippen LogP contribution in [0, 0.1) is 6.92 Å². The largest absolute Gasteiger partial charge is 0.438 e.